The molecule has 0 unspecified atom stereocenters. The molecule has 0 saturated heterocycles. The minimum Gasteiger partial charge on any atom is -0.453 e. The summed E-state index contributed by atoms with van der Waals surface area (Å²) in [6.07, 6.45) is 4.00. The molecule has 0 fully saturated rings. The first kappa shape index (κ1) is 12.8. The second kappa shape index (κ2) is 5.04. The van der Waals surface area contributed by atoms with Crippen LogP contribution < -0.4 is 0 Å². The van der Waals surface area contributed by atoms with Gasteiger partial charge in [-0.3, -0.25) is 0 Å². The van der Waals surface area contributed by atoms with Crippen LogP contribution in [0.1, 0.15) is 24.5 Å². The van der Waals surface area contributed by atoms with Crippen molar-refractivity contribution in [2.45, 2.75) is 26.1 Å². The lowest BCUT2D eigenvalue weighted by Crippen LogP contribution is -2.25. The monoisotopic (exact) mass is 266 g/mol. The zero-order valence-corrected chi connectivity index (χ0v) is 11.8. The maximum Gasteiger partial charge on any atom is 0.276 e. The van der Waals surface area contributed by atoms with Gasteiger partial charge in [-0.25, -0.2) is 0 Å². The fourth-order valence-electron chi connectivity index (χ4n) is 2.65. The highest BCUT2D eigenvalue weighted by molar-refractivity contribution is 5.67. The molecular weight excluding hydrogens is 248 g/mol. The van der Waals surface area contributed by atoms with Crippen molar-refractivity contribution in [3.63, 3.8) is 0 Å². The minimum atomic E-state index is -0.653. The van der Waals surface area contributed by atoms with Gasteiger partial charge in [-0.1, -0.05) is 49.4 Å². The second-order valence-electron chi connectivity index (χ2n) is 5.01. The molecule has 1 aliphatic heterocycles. The molecule has 0 bridgehead atoms. The van der Waals surface area contributed by atoms with Crippen LogP contribution in [0.15, 0.2) is 61.1 Å². The smallest absolute Gasteiger partial charge is 0.276 e. The Morgan fingerprint density at radius 1 is 0.950 bits per heavy atom. The quantitative estimate of drug-likeness (QED) is 0.798. The molecule has 0 aliphatic carbocycles. The standard InChI is InChI=1S/C18H18O2/c1-3-18(19-11-12-20-18)16-9-10-17(14(2)13-16)15-7-5-4-6-8-15/h4-13H,3H2,1-2H3. The van der Waals surface area contributed by atoms with Gasteiger partial charge >= 0.3 is 0 Å². The fraction of sp³-hybridized carbons (Fsp3) is 0.222. The zero-order chi connectivity index (χ0) is 14.0. The molecule has 1 aliphatic rings. The highest BCUT2D eigenvalue weighted by Gasteiger charge is 2.36. The number of benzene rings is 2. The van der Waals surface area contributed by atoms with Crippen LogP contribution >= 0.6 is 0 Å². The third-order valence-electron chi connectivity index (χ3n) is 3.79. The number of rotatable bonds is 3. The van der Waals surface area contributed by atoms with Crippen LogP contribution in [0.5, 0.6) is 0 Å². The van der Waals surface area contributed by atoms with E-state index in [0.717, 1.165) is 12.0 Å². The van der Waals surface area contributed by atoms with E-state index in [1.54, 1.807) is 12.5 Å². The average Bonchev–Trinajstić information content (AvgIpc) is 2.98. The van der Waals surface area contributed by atoms with Crippen molar-refractivity contribution >= 4 is 0 Å². The summed E-state index contributed by atoms with van der Waals surface area (Å²) < 4.78 is 11.3. The molecule has 0 saturated carbocycles. The van der Waals surface area contributed by atoms with Crippen molar-refractivity contribution in [1.82, 2.24) is 0 Å². The molecule has 0 atom stereocenters. The fourth-order valence-corrected chi connectivity index (χ4v) is 2.65. The lowest BCUT2D eigenvalue weighted by Gasteiger charge is -2.27. The van der Waals surface area contributed by atoms with E-state index in [9.17, 15) is 0 Å². The number of aryl methyl sites for hydroxylation is 1. The van der Waals surface area contributed by atoms with Crippen molar-refractivity contribution in [3.05, 3.63) is 72.2 Å². The summed E-state index contributed by atoms with van der Waals surface area (Å²) in [7, 11) is 0. The van der Waals surface area contributed by atoms with Gasteiger partial charge in [0.15, 0.2) is 0 Å². The van der Waals surface area contributed by atoms with E-state index < -0.39 is 5.79 Å². The zero-order valence-electron chi connectivity index (χ0n) is 11.8. The van der Waals surface area contributed by atoms with Gasteiger partial charge in [0.05, 0.1) is 0 Å². The highest BCUT2D eigenvalue weighted by Crippen LogP contribution is 2.37. The molecule has 3 rings (SSSR count). The molecule has 102 valence electrons. The van der Waals surface area contributed by atoms with Crippen LogP contribution in [0.25, 0.3) is 11.1 Å². The summed E-state index contributed by atoms with van der Waals surface area (Å²) in [5.74, 6) is -0.653. The van der Waals surface area contributed by atoms with Crippen LogP contribution in [-0.2, 0) is 15.3 Å². The Hall–Kier alpha value is -2.22. The van der Waals surface area contributed by atoms with Crippen molar-refractivity contribution in [2.24, 2.45) is 0 Å². The molecule has 0 radical (unpaired) electrons. The van der Waals surface area contributed by atoms with Crippen LogP contribution in [0.2, 0.25) is 0 Å². The Morgan fingerprint density at radius 2 is 1.65 bits per heavy atom. The molecule has 2 nitrogen and oxygen atoms in total. The number of ether oxygens (including phenoxy) is 2. The molecule has 2 aromatic rings. The number of hydrogen-bond acceptors (Lipinski definition) is 2. The molecular formula is C18H18O2. The predicted octanol–water partition coefficient (Wildman–Crippen LogP) is 4.74. The van der Waals surface area contributed by atoms with Crippen LogP contribution in [0.4, 0.5) is 0 Å². The van der Waals surface area contributed by atoms with Crippen LogP contribution in [0.3, 0.4) is 0 Å². The Morgan fingerprint density at radius 3 is 2.25 bits per heavy atom. The number of hydrogen-bond donors (Lipinski definition) is 0. The van der Waals surface area contributed by atoms with E-state index in [1.165, 1.54) is 16.7 Å². The molecule has 1 heterocycles. The molecule has 0 aromatic heterocycles. The van der Waals surface area contributed by atoms with Crippen molar-refractivity contribution in [1.29, 1.82) is 0 Å². The van der Waals surface area contributed by atoms with Gasteiger partial charge in [-0.2, -0.15) is 0 Å². The summed E-state index contributed by atoms with van der Waals surface area (Å²) in [5.41, 5.74) is 4.75. The summed E-state index contributed by atoms with van der Waals surface area (Å²) in [4.78, 5) is 0. The van der Waals surface area contributed by atoms with Gasteiger partial charge in [0.2, 0.25) is 0 Å². The largest absolute Gasteiger partial charge is 0.453 e. The second-order valence-corrected chi connectivity index (χ2v) is 5.01. The van der Waals surface area contributed by atoms with E-state index in [0.29, 0.717) is 0 Å². The lowest BCUT2D eigenvalue weighted by atomic mass is 9.94. The molecule has 0 amide bonds. The summed E-state index contributed by atoms with van der Waals surface area (Å²) >= 11 is 0. The molecule has 20 heavy (non-hydrogen) atoms. The molecule has 2 aromatic carbocycles. The van der Waals surface area contributed by atoms with E-state index >= 15 is 0 Å². The van der Waals surface area contributed by atoms with Crippen molar-refractivity contribution in [3.8, 4) is 11.1 Å². The van der Waals surface area contributed by atoms with E-state index in [-0.39, 0.29) is 0 Å². The predicted molar refractivity (Wildman–Crippen MR) is 79.9 cm³/mol. The highest BCUT2D eigenvalue weighted by atomic mass is 16.7. The van der Waals surface area contributed by atoms with E-state index in [2.05, 4.69) is 56.3 Å². The van der Waals surface area contributed by atoms with Crippen LogP contribution in [0, 0.1) is 6.92 Å². The Balaban J connectivity index is 2.00. The third-order valence-corrected chi connectivity index (χ3v) is 3.79. The Labute approximate surface area is 119 Å². The minimum absolute atomic E-state index is 0.653. The third kappa shape index (κ3) is 2.07. The summed E-state index contributed by atoms with van der Waals surface area (Å²) in [5, 5.41) is 0. The van der Waals surface area contributed by atoms with Gasteiger partial charge in [-0.05, 0) is 29.7 Å². The first-order valence-electron chi connectivity index (χ1n) is 6.92. The van der Waals surface area contributed by atoms with E-state index in [1.807, 2.05) is 6.07 Å². The first-order chi connectivity index (χ1) is 9.75. The topological polar surface area (TPSA) is 18.5 Å². The van der Waals surface area contributed by atoms with Crippen LogP contribution in [-0.4, -0.2) is 0 Å². The summed E-state index contributed by atoms with van der Waals surface area (Å²) in [6, 6.07) is 16.8. The van der Waals surface area contributed by atoms with Gasteiger partial charge in [-0.15, -0.1) is 0 Å². The Kier molecular flexibility index (Phi) is 3.23. The van der Waals surface area contributed by atoms with Crippen molar-refractivity contribution in [2.75, 3.05) is 0 Å². The van der Waals surface area contributed by atoms with Crippen molar-refractivity contribution < 1.29 is 9.47 Å². The molecule has 0 spiro atoms. The first-order valence-corrected chi connectivity index (χ1v) is 6.92. The average molecular weight is 266 g/mol. The van der Waals surface area contributed by atoms with E-state index in [4.69, 9.17) is 9.47 Å². The maximum absolute atomic E-state index is 5.67. The van der Waals surface area contributed by atoms with Gasteiger partial charge in [0.1, 0.15) is 12.5 Å². The lowest BCUT2D eigenvalue weighted by molar-refractivity contribution is -0.151. The van der Waals surface area contributed by atoms with Gasteiger partial charge < -0.3 is 9.47 Å². The summed E-state index contributed by atoms with van der Waals surface area (Å²) in [6.45, 7) is 4.19. The normalized spacial score (nSPS) is 15.7. The SMILES string of the molecule is CCC1(c2ccc(-c3ccccc3)c(C)c2)OC=CO1. The maximum atomic E-state index is 5.67. The van der Waals surface area contributed by atoms with Gasteiger partial charge in [0, 0.05) is 12.0 Å². The molecule has 0 N–H and O–H groups in total. The Bertz CT molecular complexity index is 621. The molecule has 2 heteroatoms. The van der Waals surface area contributed by atoms with Gasteiger partial charge in [0.25, 0.3) is 5.79 Å².